The number of rotatable bonds is 3. The summed E-state index contributed by atoms with van der Waals surface area (Å²) in [6.45, 7) is 3.19. The molecule has 1 saturated heterocycles. The fraction of sp³-hybridized carbons (Fsp3) is 0.316. The van der Waals surface area contributed by atoms with Crippen LogP contribution in [-0.4, -0.2) is 18.4 Å². The highest BCUT2D eigenvalue weighted by Gasteiger charge is 2.24. The predicted molar refractivity (Wildman–Crippen MR) is 96.4 cm³/mol. The van der Waals surface area contributed by atoms with Gasteiger partial charge in [-0.25, -0.2) is 0 Å². The lowest BCUT2D eigenvalue weighted by atomic mass is 9.97. The van der Waals surface area contributed by atoms with Crippen LogP contribution < -0.4 is 10.6 Å². The standard InChI is InChI=1S/C19H21ClN2O/c1-13-4-2-3-11-22(13)18-10-9-16(21)12-17(18)19(23)14-5-7-15(20)8-6-14/h5-10,12-13H,2-4,11,21H2,1H3. The molecule has 0 aliphatic carbocycles. The molecule has 3 rings (SSSR count). The summed E-state index contributed by atoms with van der Waals surface area (Å²) in [5.74, 6) is -0.0123. The molecule has 3 nitrogen and oxygen atoms in total. The van der Waals surface area contributed by atoms with Crippen molar-refractivity contribution in [1.29, 1.82) is 0 Å². The molecule has 1 aliphatic heterocycles. The Morgan fingerprint density at radius 3 is 2.61 bits per heavy atom. The van der Waals surface area contributed by atoms with Gasteiger partial charge in [0.05, 0.1) is 0 Å². The highest BCUT2D eigenvalue weighted by Crippen LogP contribution is 2.31. The quantitative estimate of drug-likeness (QED) is 0.665. The molecule has 0 saturated carbocycles. The first-order valence-corrected chi connectivity index (χ1v) is 8.40. The molecule has 0 radical (unpaired) electrons. The van der Waals surface area contributed by atoms with Crippen LogP contribution in [-0.2, 0) is 0 Å². The molecule has 1 heterocycles. The number of nitrogen functional groups attached to an aromatic ring is 1. The van der Waals surface area contributed by atoms with Crippen molar-refractivity contribution in [2.45, 2.75) is 32.2 Å². The third-order valence-electron chi connectivity index (χ3n) is 4.48. The highest BCUT2D eigenvalue weighted by molar-refractivity contribution is 6.30. The molecule has 1 aliphatic rings. The summed E-state index contributed by atoms with van der Waals surface area (Å²) in [6, 6.07) is 13.1. The average Bonchev–Trinajstić information content (AvgIpc) is 2.56. The first-order valence-electron chi connectivity index (χ1n) is 8.02. The normalized spacial score (nSPS) is 18.0. The summed E-state index contributed by atoms with van der Waals surface area (Å²) in [6.07, 6.45) is 3.55. The van der Waals surface area contributed by atoms with Crippen molar-refractivity contribution in [3.8, 4) is 0 Å². The number of carbonyl (C=O) groups is 1. The van der Waals surface area contributed by atoms with Gasteiger partial charge in [-0.1, -0.05) is 11.6 Å². The van der Waals surface area contributed by atoms with Crippen molar-refractivity contribution >= 4 is 28.8 Å². The summed E-state index contributed by atoms with van der Waals surface area (Å²) >= 11 is 5.92. The van der Waals surface area contributed by atoms with Crippen molar-refractivity contribution < 1.29 is 4.79 Å². The minimum atomic E-state index is -0.0123. The third-order valence-corrected chi connectivity index (χ3v) is 4.74. The molecule has 2 aromatic carbocycles. The molecule has 0 bridgehead atoms. The van der Waals surface area contributed by atoms with Crippen LogP contribution in [0.25, 0.3) is 0 Å². The van der Waals surface area contributed by atoms with Crippen LogP contribution in [0.5, 0.6) is 0 Å². The van der Waals surface area contributed by atoms with Gasteiger partial charge in [-0.05, 0) is 68.7 Å². The fourth-order valence-electron chi connectivity index (χ4n) is 3.20. The van der Waals surface area contributed by atoms with Gasteiger partial charge in [-0.2, -0.15) is 0 Å². The molecule has 1 atom stereocenters. The number of carbonyl (C=O) groups excluding carboxylic acids is 1. The second-order valence-electron chi connectivity index (χ2n) is 6.15. The molecule has 1 unspecified atom stereocenters. The zero-order valence-corrected chi connectivity index (χ0v) is 14.0. The lowest BCUT2D eigenvalue weighted by Crippen LogP contribution is -2.38. The predicted octanol–water partition coefficient (Wildman–Crippen LogP) is 4.53. The lowest BCUT2D eigenvalue weighted by molar-refractivity contribution is 0.103. The molecular formula is C19H21ClN2O. The Kier molecular flexibility index (Phi) is 4.58. The lowest BCUT2D eigenvalue weighted by Gasteiger charge is -2.36. The zero-order valence-electron chi connectivity index (χ0n) is 13.3. The number of benzene rings is 2. The fourth-order valence-corrected chi connectivity index (χ4v) is 3.32. The van der Waals surface area contributed by atoms with Gasteiger partial charge >= 0.3 is 0 Å². The molecular weight excluding hydrogens is 308 g/mol. The molecule has 2 aromatic rings. The summed E-state index contributed by atoms with van der Waals surface area (Å²) in [4.78, 5) is 15.3. The Balaban J connectivity index is 2.02. The van der Waals surface area contributed by atoms with Crippen molar-refractivity contribution in [3.63, 3.8) is 0 Å². The molecule has 2 N–H and O–H groups in total. The van der Waals surface area contributed by atoms with Gasteiger partial charge in [0.2, 0.25) is 0 Å². The summed E-state index contributed by atoms with van der Waals surface area (Å²) in [5.41, 5.74) is 8.82. The highest BCUT2D eigenvalue weighted by atomic mass is 35.5. The van der Waals surface area contributed by atoms with Crippen molar-refractivity contribution in [1.82, 2.24) is 0 Å². The number of anilines is 2. The van der Waals surface area contributed by atoms with Crippen LogP contribution in [0.4, 0.5) is 11.4 Å². The maximum absolute atomic E-state index is 13.0. The van der Waals surface area contributed by atoms with E-state index < -0.39 is 0 Å². The smallest absolute Gasteiger partial charge is 0.195 e. The van der Waals surface area contributed by atoms with Crippen LogP contribution in [0.15, 0.2) is 42.5 Å². The maximum Gasteiger partial charge on any atom is 0.195 e. The Morgan fingerprint density at radius 1 is 1.17 bits per heavy atom. The topological polar surface area (TPSA) is 46.3 Å². The molecule has 0 aromatic heterocycles. The first-order chi connectivity index (χ1) is 11.1. The second kappa shape index (κ2) is 6.63. The van der Waals surface area contributed by atoms with E-state index in [0.717, 1.165) is 25.1 Å². The number of nitrogens with two attached hydrogens (primary N) is 1. The Labute approximate surface area is 142 Å². The maximum atomic E-state index is 13.0. The average molecular weight is 329 g/mol. The van der Waals surface area contributed by atoms with Gasteiger partial charge in [-0.3, -0.25) is 4.79 Å². The SMILES string of the molecule is CC1CCCCN1c1ccc(N)cc1C(=O)c1ccc(Cl)cc1. The minimum absolute atomic E-state index is 0.0123. The molecule has 23 heavy (non-hydrogen) atoms. The molecule has 4 heteroatoms. The largest absolute Gasteiger partial charge is 0.399 e. The van der Waals surface area contributed by atoms with Gasteiger partial charge in [0.15, 0.2) is 5.78 Å². The van der Waals surface area contributed by atoms with Gasteiger partial charge in [0.1, 0.15) is 0 Å². The van der Waals surface area contributed by atoms with E-state index in [4.69, 9.17) is 17.3 Å². The van der Waals surface area contributed by atoms with E-state index in [1.165, 1.54) is 6.42 Å². The van der Waals surface area contributed by atoms with Gasteiger partial charge in [0.25, 0.3) is 0 Å². The number of nitrogens with zero attached hydrogens (tertiary/aromatic N) is 1. The van der Waals surface area contributed by atoms with Gasteiger partial charge in [0, 0.05) is 40.1 Å². The van der Waals surface area contributed by atoms with E-state index in [0.29, 0.717) is 27.9 Å². The van der Waals surface area contributed by atoms with Crippen molar-refractivity contribution in [3.05, 3.63) is 58.6 Å². The number of hydrogen-bond acceptors (Lipinski definition) is 3. The summed E-state index contributed by atoms with van der Waals surface area (Å²) < 4.78 is 0. The molecule has 0 amide bonds. The molecule has 1 fully saturated rings. The van der Waals surface area contributed by atoms with Gasteiger partial charge in [-0.15, -0.1) is 0 Å². The van der Waals surface area contributed by atoms with Crippen LogP contribution in [0.1, 0.15) is 42.1 Å². The monoisotopic (exact) mass is 328 g/mol. The Bertz CT molecular complexity index is 712. The third kappa shape index (κ3) is 3.35. The minimum Gasteiger partial charge on any atom is -0.399 e. The van der Waals surface area contributed by atoms with E-state index in [9.17, 15) is 4.79 Å². The number of halogens is 1. The number of ketones is 1. The van der Waals surface area contributed by atoms with Crippen LogP contribution in [0.2, 0.25) is 5.02 Å². The van der Waals surface area contributed by atoms with Crippen molar-refractivity contribution in [2.24, 2.45) is 0 Å². The van der Waals surface area contributed by atoms with E-state index in [2.05, 4.69) is 11.8 Å². The number of hydrogen-bond donors (Lipinski definition) is 1. The Morgan fingerprint density at radius 2 is 1.91 bits per heavy atom. The first kappa shape index (κ1) is 15.9. The second-order valence-corrected chi connectivity index (χ2v) is 6.59. The van der Waals surface area contributed by atoms with Crippen molar-refractivity contribution in [2.75, 3.05) is 17.2 Å². The summed E-state index contributed by atoms with van der Waals surface area (Å²) in [5, 5.41) is 0.624. The Hall–Kier alpha value is -2.00. The zero-order chi connectivity index (χ0) is 16.4. The van der Waals surface area contributed by atoms with Crippen LogP contribution in [0, 0.1) is 0 Å². The summed E-state index contributed by atoms with van der Waals surface area (Å²) in [7, 11) is 0. The van der Waals surface area contributed by atoms with E-state index >= 15 is 0 Å². The van der Waals surface area contributed by atoms with Crippen LogP contribution >= 0.6 is 11.6 Å². The number of piperidine rings is 1. The molecule has 0 spiro atoms. The molecule has 120 valence electrons. The van der Waals surface area contributed by atoms with Crippen LogP contribution in [0.3, 0.4) is 0 Å². The van der Waals surface area contributed by atoms with E-state index in [1.54, 1.807) is 30.3 Å². The van der Waals surface area contributed by atoms with E-state index in [-0.39, 0.29) is 5.78 Å². The van der Waals surface area contributed by atoms with Gasteiger partial charge < -0.3 is 10.6 Å². The van der Waals surface area contributed by atoms with E-state index in [1.807, 2.05) is 12.1 Å².